The van der Waals surface area contributed by atoms with Crippen LogP contribution in [0.25, 0.3) is 0 Å². The number of carbonyl (C=O) groups is 1. The lowest BCUT2D eigenvalue weighted by molar-refractivity contribution is -0.117. The number of β-amino-alcohol motifs (C(OH)–C–C–N with tert-alkyl or cyclic N) is 1. The van der Waals surface area contributed by atoms with Gasteiger partial charge < -0.3 is 15.7 Å². The molecular weight excluding hydrogens is 366 g/mol. The Morgan fingerprint density at radius 3 is 2.91 bits per heavy atom. The molecule has 2 heterocycles. The van der Waals surface area contributed by atoms with Gasteiger partial charge in [0.25, 0.3) is 0 Å². The van der Waals surface area contributed by atoms with Gasteiger partial charge in [0, 0.05) is 28.5 Å². The first-order chi connectivity index (χ1) is 10.6. The van der Waals surface area contributed by atoms with Crippen LogP contribution in [0.4, 0.5) is 5.13 Å². The summed E-state index contributed by atoms with van der Waals surface area (Å²) in [6.07, 6.45) is 2.59. The number of amides is 1. The van der Waals surface area contributed by atoms with Crippen LogP contribution in [0.2, 0.25) is 0 Å². The summed E-state index contributed by atoms with van der Waals surface area (Å²) < 4.78 is 1.06. The number of halogens is 1. The highest BCUT2D eigenvalue weighted by molar-refractivity contribution is 9.10. The van der Waals surface area contributed by atoms with Gasteiger partial charge in [0.2, 0.25) is 5.91 Å². The SMILES string of the molecule is O=C(Nc1ncc(Cc2ccc(Br)cc2)s1)C1CC(O)CN1. The average Bonchev–Trinajstić information content (AvgIpc) is 3.11. The Kier molecular flexibility index (Phi) is 4.87. The van der Waals surface area contributed by atoms with Gasteiger partial charge in [-0.15, -0.1) is 11.3 Å². The molecule has 3 rings (SSSR count). The van der Waals surface area contributed by atoms with Crippen molar-refractivity contribution in [3.8, 4) is 0 Å². The van der Waals surface area contributed by atoms with Crippen LogP contribution in [0.5, 0.6) is 0 Å². The van der Waals surface area contributed by atoms with Crippen molar-refractivity contribution >= 4 is 38.3 Å². The van der Waals surface area contributed by atoms with Crippen molar-refractivity contribution in [2.24, 2.45) is 0 Å². The van der Waals surface area contributed by atoms with Gasteiger partial charge in [-0.25, -0.2) is 4.98 Å². The molecule has 3 N–H and O–H groups in total. The third-order valence-corrected chi connectivity index (χ3v) is 4.94. The summed E-state index contributed by atoms with van der Waals surface area (Å²) in [4.78, 5) is 17.4. The number of thiazole rings is 1. The number of anilines is 1. The number of hydrogen-bond donors (Lipinski definition) is 3. The molecule has 1 fully saturated rings. The standard InChI is InChI=1S/C15H16BrN3O2S/c16-10-3-1-9(2-4-10)5-12-8-18-15(22-12)19-14(21)13-6-11(20)7-17-13/h1-4,8,11,13,17,20H,5-7H2,(H,18,19,21). The van der Waals surface area contributed by atoms with Crippen molar-refractivity contribution in [3.05, 3.63) is 45.4 Å². The molecular formula is C15H16BrN3O2S. The fraction of sp³-hybridized carbons (Fsp3) is 0.333. The Morgan fingerprint density at radius 2 is 2.23 bits per heavy atom. The molecule has 1 saturated heterocycles. The Balaban J connectivity index is 1.59. The predicted molar refractivity (Wildman–Crippen MR) is 90.1 cm³/mol. The summed E-state index contributed by atoms with van der Waals surface area (Å²) in [7, 11) is 0. The minimum atomic E-state index is -0.444. The van der Waals surface area contributed by atoms with Gasteiger partial charge in [-0.2, -0.15) is 0 Å². The molecule has 5 nitrogen and oxygen atoms in total. The van der Waals surface area contributed by atoms with Gasteiger partial charge >= 0.3 is 0 Å². The first-order valence-corrected chi connectivity index (χ1v) is 8.62. The van der Waals surface area contributed by atoms with E-state index >= 15 is 0 Å². The topological polar surface area (TPSA) is 74.2 Å². The predicted octanol–water partition coefficient (Wildman–Crippen LogP) is 2.16. The van der Waals surface area contributed by atoms with Crippen LogP contribution in [-0.4, -0.2) is 34.7 Å². The van der Waals surface area contributed by atoms with E-state index < -0.39 is 6.10 Å². The van der Waals surface area contributed by atoms with Crippen LogP contribution in [0.15, 0.2) is 34.9 Å². The molecule has 0 radical (unpaired) electrons. The molecule has 2 unspecified atom stereocenters. The zero-order valence-electron chi connectivity index (χ0n) is 11.8. The molecule has 1 amide bonds. The van der Waals surface area contributed by atoms with Gasteiger partial charge in [-0.3, -0.25) is 4.79 Å². The fourth-order valence-corrected chi connectivity index (χ4v) is 3.47. The largest absolute Gasteiger partial charge is 0.392 e. The second-order valence-corrected chi connectivity index (χ2v) is 7.31. The highest BCUT2D eigenvalue weighted by atomic mass is 79.9. The summed E-state index contributed by atoms with van der Waals surface area (Å²) in [5.41, 5.74) is 1.20. The molecule has 2 aromatic rings. The van der Waals surface area contributed by atoms with E-state index in [0.717, 1.165) is 15.8 Å². The van der Waals surface area contributed by atoms with Gasteiger partial charge in [-0.1, -0.05) is 28.1 Å². The van der Waals surface area contributed by atoms with E-state index in [1.807, 2.05) is 12.1 Å². The number of aliphatic hydroxyl groups excluding tert-OH is 1. The number of nitrogens with zero attached hydrogens (tertiary/aromatic N) is 1. The van der Waals surface area contributed by atoms with Gasteiger partial charge in [0.15, 0.2) is 5.13 Å². The molecule has 22 heavy (non-hydrogen) atoms. The molecule has 2 atom stereocenters. The number of benzene rings is 1. The quantitative estimate of drug-likeness (QED) is 0.758. The third-order valence-electron chi connectivity index (χ3n) is 3.50. The molecule has 1 aliphatic rings. The van der Waals surface area contributed by atoms with Crippen LogP contribution in [0.1, 0.15) is 16.9 Å². The number of rotatable bonds is 4. The van der Waals surface area contributed by atoms with Crippen molar-refractivity contribution in [3.63, 3.8) is 0 Å². The molecule has 1 aromatic heterocycles. The highest BCUT2D eigenvalue weighted by Gasteiger charge is 2.28. The van der Waals surface area contributed by atoms with Gasteiger partial charge in [0.05, 0.1) is 12.1 Å². The Bertz CT molecular complexity index is 659. The first-order valence-electron chi connectivity index (χ1n) is 7.01. The summed E-state index contributed by atoms with van der Waals surface area (Å²) >= 11 is 4.89. The zero-order valence-corrected chi connectivity index (χ0v) is 14.2. The molecule has 7 heteroatoms. The van der Waals surface area contributed by atoms with Crippen LogP contribution in [0.3, 0.4) is 0 Å². The normalized spacial score (nSPS) is 21.0. The molecule has 116 valence electrons. The number of aliphatic hydroxyl groups is 1. The van der Waals surface area contributed by atoms with Crippen molar-refractivity contribution in [2.75, 3.05) is 11.9 Å². The van der Waals surface area contributed by atoms with E-state index in [0.29, 0.717) is 18.1 Å². The minimum Gasteiger partial charge on any atom is -0.392 e. The van der Waals surface area contributed by atoms with Gasteiger partial charge in [0.1, 0.15) is 0 Å². The fourth-order valence-electron chi connectivity index (χ4n) is 2.36. The molecule has 0 bridgehead atoms. The maximum atomic E-state index is 12.0. The number of nitrogens with one attached hydrogen (secondary N) is 2. The molecule has 0 spiro atoms. The second kappa shape index (κ2) is 6.87. The third kappa shape index (κ3) is 3.92. The van der Waals surface area contributed by atoms with E-state index in [1.54, 1.807) is 6.20 Å². The van der Waals surface area contributed by atoms with Crippen LogP contribution in [-0.2, 0) is 11.2 Å². The van der Waals surface area contributed by atoms with Crippen LogP contribution in [0, 0.1) is 0 Å². The summed E-state index contributed by atoms with van der Waals surface area (Å²) in [6.45, 7) is 0.463. The molecule has 1 aromatic carbocycles. The summed E-state index contributed by atoms with van der Waals surface area (Å²) in [5.74, 6) is -0.138. The minimum absolute atomic E-state index is 0.138. The van der Waals surface area contributed by atoms with E-state index in [9.17, 15) is 9.90 Å². The van der Waals surface area contributed by atoms with Crippen molar-refractivity contribution in [1.29, 1.82) is 0 Å². The molecule has 0 saturated carbocycles. The Hall–Kier alpha value is -1.28. The lowest BCUT2D eigenvalue weighted by atomic mass is 10.1. The first kappa shape index (κ1) is 15.6. The van der Waals surface area contributed by atoms with Crippen molar-refractivity contribution in [1.82, 2.24) is 10.3 Å². The Labute approximate surface area is 140 Å². The average molecular weight is 382 g/mol. The lowest BCUT2D eigenvalue weighted by Gasteiger charge is -2.08. The molecule has 0 aliphatic carbocycles. The number of aromatic nitrogens is 1. The number of hydrogen-bond acceptors (Lipinski definition) is 5. The van der Waals surface area contributed by atoms with Crippen LogP contribution < -0.4 is 10.6 Å². The number of carbonyl (C=O) groups excluding carboxylic acids is 1. The van der Waals surface area contributed by atoms with E-state index in [-0.39, 0.29) is 11.9 Å². The van der Waals surface area contributed by atoms with Gasteiger partial charge in [-0.05, 0) is 24.1 Å². The monoisotopic (exact) mass is 381 g/mol. The Morgan fingerprint density at radius 1 is 1.45 bits per heavy atom. The van der Waals surface area contributed by atoms with Crippen molar-refractivity contribution in [2.45, 2.75) is 25.0 Å². The summed E-state index contributed by atoms with van der Waals surface area (Å²) in [5, 5.41) is 15.8. The second-order valence-electron chi connectivity index (χ2n) is 5.27. The van der Waals surface area contributed by atoms with E-state index in [4.69, 9.17) is 0 Å². The molecule has 1 aliphatic heterocycles. The zero-order chi connectivity index (χ0) is 15.5. The van der Waals surface area contributed by atoms with Crippen molar-refractivity contribution < 1.29 is 9.90 Å². The van der Waals surface area contributed by atoms with E-state index in [1.165, 1.54) is 16.9 Å². The highest BCUT2D eigenvalue weighted by Crippen LogP contribution is 2.22. The summed E-state index contributed by atoms with van der Waals surface area (Å²) in [6, 6.07) is 7.80. The maximum absolute atomic E-state index is 12.0. The smallest absolute Gasteiger partial charge is 0.243 e. The lowest BCUT2D eigenvalue weighted by Crippen LogP contribution is -2.35. The maximum Gasteiger partial charge on any atom is 0.243 e. The van der Waals surface area contributed by atoms with Crippen LogP contribution >= 0.6 is 27.3 Å². The van der Waals surface area contributed by atoms with E-state index in [2.05, 4.69) is 43.7 Å².